The third-order valence-electron chi connectivity index (χ3n) is 6.68. The average molecular weight is 403 g/mol. The van der Waals surface area contributed by atoms with E-state index in [4.69, 9.17) is 4.74 Å². The molecule has 0 bridgehead atoms. The van der Waals surface area contributed by atoms with Crippen LogP contribution in [-0.4, -0.2) is 109 Å². The quantitative estimate of drug-likeness (QED) is 0.708. The third-order valence-corrected chi connectivity index (χ3v) is 6.68. The number of aliphatic hydroxyl groups is 1. The van der Waals surface area contributed by atoms with E-state index in [0.717, 1.165) is 44.5 Å². The summed E-state index contributed by atoms with van der Waals surface area (Å²) in [6.45, 7) is 11.3. The molecular weight excluding hydrogens is 364 g/mol. The molecule has 1 N–H and O–H groups in total. The average Bonchev–Trinajstić information content (AvgIpc) is 2.72. The lowest BCUT2D eigenvalue weighted by Gasteiger charge is -2.46. The zero-order valence-electron chi connectivity index (χ0n) is 18.0. The van der Waals surface area contributed by atoms with Gasteiger partial charge in [0.25, 0.3) is 0 Å². The Hall–Kier alpha value is -1.18. The van der Waals surface area contributed by atoms with E-state index in [1.807, 2.05) is 12.1 Å². The normalized spacial score (nSPS) is 24.3. The first-order chi connectivity index (χ1) is 14.2. The van der Waals surface area contributed by atoms with Crippen molar-refractivity contribution in [3.05, 3.63) is 29.8 Å². The van der Waals surface area contributed by atoms with Crippen LogP contribution in [0, 0.1) is 0 Å². The van der Waals surface area contributed by atoms with Gasteiger partial charge < -0.3 is 14.7 Å². The zero-order valence-corrected chi connectivity index (χ0v) is 18.0. The standard InChI is InChI=1S/C23H38N4O2/c1-24-11-13-25(14-12-24)18-22(28)19-29-23-7-5-20(6-8-23)15-26-16-21(17-26)27-9-3-2-4-10-27/h5-8,21-22,28H,2-4,9-19H2,1H3. The number of hydrogen-bond acceptors (Lipinski definition) is 6. The molecule has 0 saturated carbocycles. The van der Waals surface area contributed by atoms with Gasteiger partial charge in [0.2, 0.25) is 0 Å². The van der Waals surface area contributed by atoms with Gasteiger partial charge in [-0.15, -0.1) is 0 Å². The summed E-state index contributed by atoms with van der Waals surface area (Å²) in [6.07, 6.45) is 3.73. The first kappa shape index (κ1) is 21.1. The number of piperazine rings is 1. The number of benzene rings is 1. The van der Waals surface area contributed by atoms with E-state index in [0.29, 0.717) is 13.2 Å². The fourth-order valence-corrected chi connectivity index (χ4v) is 4.71. The van der Waals surface area contributed by atoms with E-state index < -0.39 is 6.10 Å². The van der Waals surface area contributed by atoms with Crippen LogP contribution in [-0.2, 0) is 6.54 Å². The van der Waals surface area contributed by atoms with E-state index in [2.05, 4.69) is 38.8 Å². The van der Waals surface area contributed by atoms with Crippen LogP contribution in [0.15, 0.2) is 24.3 Å². The lowest BCUT2D eigenvalue weighted by atomic mass is 10.0. The van der Waals surface area contributed by atoms with E-state index in [1.165, 1.54) is 51.0 Å². The zero-order chi connectivity index (χ0) is 20.1. The molecule has 1 unspecified atom stereocenters. The van der Waals surface area contributed by atoms with Gasteiger partial charge in [0.1, 0.15) is 18.5 Å². The van der Waals surface area contributed by atoms with Crippen molar-refractivity contribution >= 4 is 0 Å². The number of β-amino-alcohol motifs (C(OH)–C–C–N with tert-alkyl or cyclic N) is 1. The van der Waals surface area contributed by atoms with Crippen LogP contribution in [0.1, 0.15) is 24.8 Å². The van der Waals surface area contributed by atoms with Gasteiger partial charge in [0.15, 0.2) is 0 Å². The van der Waals surface area contributed by atoms with Gasteiger partial charge in [-0.2, -0.15) is 0 Å². The second-order valence-electron chi connectivity index (χ2n) is 9.16. The number of ether oxygens (including phenoxy) is 1. The van der Waals surface area contributed by atoms with Crippen molar-refractivity contribution in [3.63, 3.8) is 0 Å². The van der Waals surface area contributed by atoms with Gasteiger partial charge in [0, 0.05) is 58.4 Å². The molecule has 1 atom stereocenters. The summed E-state index contributed by atoms with van der Waals surface area (Å²) in [4.78, 5) is 9.87. The third kappa shape index (κ3) is 6.15. The van der Waals surface area contributed by atoms with Crippen molar-refractivity contribution in [2.24, 2.45) is 0 Å². The summed E-state index contributed by atoms with van der Waals surface area (Å²) >= 11 is 0. The van der Waals surface area contributed by atoms with Crippen LogP contribution in [0.3, 0.4) is 0 Å². The predicted molar refractivity (Wildman–Crippen MR) is 116 cm³/mol. The molecule has 6 nitrogen and oxygen atoms in total. The number of aliphatic hydroxyl groups excluding tert-OH is 1. The molecule has 0 radical (unpaired) electrons. The van der Waals surface area contributed by atoms with Crippen LogP contribution in [0.2, 0.25) is 0 Å². The highest BCUT2D eigenvalue weighted by molar-refractivity contribution is 5.27. The smallest absolute Gasteiger partial charge is 0.119 e. The summed E-state index contributed by atoms with van der Waals surface area (Å²) in [5, 5.41) is 10.3. The minimum Gasteiger partial charge on any atom is -0.491 e. The number of piperidine rings is 1. The molecule has 3 saturated heterocycles. The Labute approximate surface area is 176 Å². The highest BCUT2D eigenvalue weighted by Crippen LogP contribution is 2.22. The van der Waals surface area contributed by atoms with Crippen LogP contribution >= 0.6 is 0 Å². The molecule has 1 aromatic rings. The minimum absolute atomic E-state index is 0.356. The van der Waals surface area contributed by atoms with Gasteiger partial charge in [-0.05, 0) is 50.7 Å². The summed E-state index contributed by atoms with van der Waals surface area (Å²) < 4.78 is 5.82. The van der Waals surface area contributed by atoms with E-state index >= 15 is 0 Å². The van der Waals surface area contributed by atoms with Gasteiger partial charge in [0.05, 0.1) is 0 Å². The summed E-state index contributed by atoms with van der Waals surface area (Å²) in [5.74, 6) is 0.848. The largest absolute Gasteiger partial charge is 0.491 e. The van der Waals surface area contributed by atoms with Crippen LogP contribution in [0.5, 0.6) is 5.75 Å². The second kappa shape index (κ2) is 10.2. The van der Waals surface area contributed by atoms with Crippen molar-refractivity contribution < 1.29 is 9.84 Å². The Balaban J connectivity index is 1.13. The van der Waals surface area contributed by atoms with Crippen LogP contribution < -0.4 is 4.74 Å². The van der Waals surface area contributed by atoms with Gasteiger partial charge >= 0.3 is 0 Å². The highest BCUT2D eigenvalue weighted by Gasteiger charge is 2.31. The minimum atomic E-state index is -0.439. The first-order valence-corrected chi connectivity index (χ1v) is 11.4. The Morgan fingerprint density at radius 2 is 1.62 bits per heavy atom. The molecule has 3 heterocycles. The summed E-state index contributed by atoms with van der Waals surface area (Å²) in [7, 11) is 2.15. The van der Waals surface area contributed by atoms with E-state index in [-0.39, 0.29) is 0 Å². The Morgan fingerprint density at radius 1 is 0.931 bits per heavy atom. The molecule has 0 amide bonds. The maximum Gasteiger partial charge on any atom is 0.119 e. The van der Waals surface area contributed by atoms with Gasteiger partial charge in [-0.3, -0.25) is 14.7 Å². The Bertz CT molecular complexity index is 606. The number of rotatable bonds is 8. The predicted octanol–water partition coefficient (Wildman–Crippen LogP) is 1.34. The molecule has 1 aromatic carbocycles. The van der Waals surface area contributed by atoms with Crippen LogP contribution in [0.25, 0.3) is 0 Å². The first-order valence-electron chi connectivity index (χ1n) is 11.4. The Kier molecular flexibility index (Phi) is 7.43. The second-order valence-corrected chi connectivity index (χ2v) is 9.16. The van der Waals surface area contributed by atoms with Crippen molar-refractivity contribution in [3.8, 4) is 5.75 Å². The molecule has 29 heavy (non-hydrogen) atoms. The van der Waals surface area contributed by atoms with Crippen molar-refractivity contribution in [1.82, 2.24) is 19.6 Å². The number of likely N-dealkylation sites (tertiary alicyclic amines) is 2. The van der Waals surface area contributed by atoms with E-state index in [9.17, 15) is 5.11 Å². The molecule has 3 aliphatic heterocycles. The van der Waals surface area contributed by atoms with Crippen molar-refractivity contribution in [2.45, 2.75) is 38.0 Å². The molecule has 4 rings (SSSR count). The Morgan fingerprint density at radius 3 is 2.31 bits per heavy atom. The summed E-state index contributed by atoms with van der Waals surface area (Å²) in [6, 6.07) is 9.19. The number of hydrogen-bond donors (Lipinski definition) is 1. The molecule has 0 spiro atoms. The molecule has 6 heteroatoms. The SMILES string of the molecule is CN1CCN(CC(O)COc2ccc(CN3CC(N4CCCCC4)C3)cc2)CC1. The topological polar surface area (TPSA) is 42.4 Å². The lowest BCUT2D eigenvalue weighted by molar-refractivity contribution is 0.0186. The maximum absolute atomic E-state index is 10.3. The lowest BCUT2D eigenvalue weighted by Crippen LogP contribution is -2.59. The number of likely N-dealkylation sites (N-methyl/N-ethyl adjacent to an activating group) is 1. The van der Waals surface area contributed by atoms with Crippen molar-refractivity contribution in [2.75, 3.05) is 72.6 Å². The monoisotopic (exact) mass is 402 g/mol. The van der Waals surface area contributed by atoms with Gasteiger partial charge in [-0.1, -0.05) is 18.6 Å². The fourth-order valence-electron chi connectivity index (χ4n) is 4.71. The maximum atomic E-state index is 10.3. The molecule has 0 aliphatic carbocycles. The van der Waals surface area contributed by atoms with Crippen molar-refractivity contribution in [1.29, 1.82) is 0 Å². The molecule has 3 fully saturated rings. The molecule has 0 aromatic heterocycles. The van der Waals surface area contributed by atoms with Crippen LogP contribution in [0.4, 0.5) is 0 Å². The van der Waals surface area contributed by atoms with Gasteiger partial charge in [-0.25, -0.2) is 0 Å². The molecule has 3 aliphatic rings. The van der Waals surface area contributed by atoms with E-state index in [1.54, 1.807) is 0 Å². The number of nitrogens with zero attached hydrogens (tertiary/aromatic N) is 4. The molecular formula is C23H38N4O2. The highest BCUT2D eigenvalue weighted by atomic mass is 16.5. The molecule has 162 valence electrons. The fraction of sp³-hybridized carbons (Fsp3) is 0.739. The summed E-state index contributed by atoms with van der Waals surface area (Å²) in [5.41, 5.74) is 1.34.